The van der Waals surface area contributed by atoms with Crippen molar-refractivity contribution in [3.8, 4) is 11.5 Å². The molecule has 2 aromatic carbocycles. The fourth-order valence-electron chi connectivity index (χ4n) is 4.64. The maximum atomic E-state index is 12.8. The predicted octanol–water partition coefficient (Wildman–Crippen LogP) is 2.79. The Labute approximate surface area is 209 Å². The standard InChI is InChI=1S/C26H29ClN2O6/c1-15-2-6-18(7-3-15)34-19-12-29(13-19)26(32)23-9-5-17(14-33-23)28-25(31)24-11-21(30)20-10-16(27)4-8-22(20)35-24/h2-4,6-8,10,17,19,21,23-24,30H,5,9,11-14H2,1H3,(H,28,31)/t17-,21-,23+,24-/m1/s1. The molecule has 5 rings (SSSR count). The third-order valence-corrected chi connectivity index (χ3v) is 6.95. The zero-order valence-corrected chi connectivity index (χ0v) is 20.2. The Bertz CT molecular complexity index is 1080. The highest BCUT2D eigenvalue weighted by Crippen LogP contribution is 2.36. The average Bonchev–Trinajstić information content (AvgIpc) is 2.82. The molecule has 0 spiro atoms. The van der Waals surface area contributed by atoms with Crippen LogP contribution in [0.15, 0.2) is 42.5 Å². The van der Waals surface area contributed by atoms with Crippen molar-refractivity contribution >= 4 is 23.4 Å². The molecule has 3 aliphatic rings. The number of likely N-dealkylation sites (tertiary alicyclic amines) is 1. The third-order valence-electron chi connectivity index (χ3n) is 6.71. The predicted molar refractivity (Wildman–Crippen MR) is 129 cm³/mol. The van der Waals surface area contributed by atoms with E-state index in [1.165, 1.54) is 5.56 Å². The van der Waals surface area contributed by atoms with E-state index < -0.39 is 18.3 Å². The van der Waals surface area contributed by atoms with Crippen molar-refractivity contribution in [1.29, 1.82) is 0 Å². The van der Waals surface area contributed by atoms with Crippen LogP contribution in [-0.2, 0) is 14.3 Å². The van der Waals surface area contributed by atoms with Gasteiger partial charge in [0.15, 0.2) is 6.10 Å². The minimum absolute atomic E-state index is 0.00992. The molecule has 0 aromatic heterocycles. The fraction of sp³-hybridized carbons (Fsp3) is 0.462. The van der Waals surface area contributed by atoms with Crippen LogP contribution in [0, 0.1) is 6.92 Å². The van der Waals surface area contributed by atoms with Gasteiger partial charge in [0, 0.05) is 17.0 Å². The Kier molecular flexibility index (Phi) is 6.86. The van der Waals surface area contributed by atoms with E-state index in [9.17, 15) is 14.7 Å². The number of halogens is 1. The molecule has 186 valence electrons. The minimum Gasteiger partial charge on any atom is -0.487 e. The van der Waals surface area contributed by atoms with E-state index in [1.54, 1.807) is 23.1 Å². The fourth-order valence-corrected chi connectivity index (χ4v) is 4.82. The summed E-state index contributed by atoms with van der Waals surface area (Å²) in [5.41, 5.74) is 1.76. The lowest BCUT2D eigenvalue weighted by atomic mass is 9.98. The number of aryl methyl sites for hydroxylation is 1. The number of carbonyl (C=O) groups is 2. The molecule has 2 N–H and O–H groups in total. The number of nitrogens with one attached hydrogen (secondary N) is 1. The number of hydrogen-bond acceptors (Lipinski definition) is 6. The molecular weight excluding hydrogens is 472 g/mol. The highest BCUT2D eigenvalue weighted by molar-refractivity contribution is 6.30. The van der Waals surface area contributed by atoms with Crippen LogP contribution in [0.4, 0.5) is 0 Å². The number of amides is 2. The molecule has 0 aliphatic carbocycles. The van der Waals surface area contributed by atoms with E-state index >= 15 is 0 Å². The second-order valence-corrected chi connectivity index (χ2v) is 9.88. The van der Waals surface area contributed by atoms with Crippen molar-refractivity contribution in [2.75, 3.05) is 19.7 Å². The summed E-state index contributed by atoms with van der Waals surface area (Å²) in [7, 11) is 0. The largest absolute Gasteiger partial charge is 0.487 e. The molecule has 2 fully saturated rings. The van der Waals surface area contributed by atoms with E-state index in [0.717, 1.165) is 5.75 Å². The number of fused-ring (bicyclic) bond motifs is 1. The van der Waals surface area contributed by atoms with Gasteiger partial charge in [-0.3, -0.25) is 9.59 Å². The Morgan fingerprint density at radius 1 is 1.11 bits per heavy atom. The smallest absolute Gasteiger partial charge is 0.261 e. The lowest BCUT2D eigenvalue weighted by Crippen LogP contribution is -2.60. The van der Waals surface area contributed by atoms with Crippen LogP contribution >= 0.6 is 11.6 Å². The molecule has 3 aliphatic heterocycles. The van der Waals surface area contributed by atoms with E-state index in [-0.39, 0.29) is 37.0 Å². The zero-order chi connectivity index (χ0) is 24.5. The third kappa shape index (κ3) is 5.39. The van der Waals surface area contributed by atoms with Gasteiger partial charge in [0.25, 0.3) is 11.8 Å². The van der Waals surface area contributed by atoms with Crippen LogP contribution in [0.3, 0.4) is 0 Å². The van der Waals surface area contributed by atoms with E-state index in [2.05, 4.69) is 5.32 Å². The molecule has 4 atom stereocenters. The molecule has 8 nitrogen and oxygen atoms in total. The van der Waals surface area contributed by atoms with E-state index in [4.69, 9.17) is 25.8 Å². The first kappa shape index (κ1) is 23.9. The van der Waals surface area contributed by atoms with Gasteiger partial charge in [0.05, 0.1) is 31.8 Å². The number of ether oxygens (including phenoxy) is 3. The number of aliphatic hydroxyl groups excluding tert-OH is 1. The van der Waals surface area contributed by atoms with Crippen molar-refractivity contribution in [1.82, 2.24) is 10.2 Å². The number of nitrogens with zero attached hydrogens (tertiary/aromatic N) is 1. The number of aliphatic hydroxyl groups is 1. The lowest BCUT2D eigenvalue weighted by molar-refractivity contribution is -0.156. The molecule has 0 bridgehead atoms. The molecule has 3 heterocycles. The lowest BCUT2D eigenvalue weighted by Gasteiger charge is -2.41. The molecule has 0 unspecified atom stereocenters. The van der Waals surface area contributed by atoms with Crippen LogP contribution in [0.2, 0.25) is 5.02 Å². The zero-order valence-electron chi connectivity index (χ0n) is 19.5. The van der Waals surface area contributed by atoms with Gasteiger partial charge >= 0.3 is 0 Å². The second kappa shape index (κ2) is 10.0. The normalized spacial score (nSPS) is 26.2. The topological polar surface area (TPSA) is 97.3 Å². The monoisotopic (exact) mass is 500 g/mol. The molecule has 0 radical (unpaired) electrons. The van der Waals surface area contributed by atoms with Crippen molar-refractivity contribution < 1.29 is 28.9 Å². The van der Waals surface area contributed by atoms with E-state index in [0.29, 0.717) is 42.3 Å². The maximum absolute atomic E-state index is 12.8. The second-order valence-electron chi connectivity index (χ2n) is 9.44. The van der Waals surface area contributed by atoms with Gasteiger partial charge in [0.1, 0.15) is 23.7 Å². The summed E-state index contributed by atoms with van der Waals surface area (Å²) in [5.74, 6) is 0.925. The summed E-state index contributed by atoms with van der Waals surface area (Å²) in [6.07, 6.45) is -0.843. The summed E-state index contributed by atoms with van der Waals surface area (Å²) < 4.78 is 17.5. The number of carbonyl (C=O) groups excluding carboxylic acids is 2. The molecule has 2 saturated heterocycles. The average molecular weight is 501 g/mol. The van der Waals surface area contributed by atoms with Crippen molar-refractivity contribution in [3.63, 3.8) is 0 Å². The number of rotatable bonds is 5. The summed E-state index contributed by atoms with van der Waals surface area (Å²) >= 11 is 5.99. The van der Waals surface area contributed by atoms with Gasteiger partial charge < -0.3 is 29.5 Å². The molecule has 2 aromatic rings. The quantitative estimate of drug-likeness (QED) is 0.655. The summed E-state index contributed by atoms with van der Waals surface area (Å²) in [6.45, 7) is 3.36. The SMILES string of the molecule is Cc1ccc(OC2CN(C(=O)[C@@H]3CC[C@@H](NC(=O)[C@H]4C[C@@H](O)c5cc(Cl)ccc5O4)CO3)C2)cc1. The van der Waals surface area contributed by atoms with Gasteiger partial charge in [-0.2, -0.15) is 0 Å². The molecule has 35 heavy (non-hydrogen) atoms. The van der Waals surface area contributed by atoms with Gasteiger partial charge in [-0.15, -0.1) is 0 Å². The van der Waals surface area contributed by atoms with Crippen LogP contribution in [0.25, 0.3) is 0 Å². The maximum Gasteiger partial charge on any atom is 0.261 e. The van der Waals surface area contributed by atoms with Crippen molar-refractivity contribution in [3.05, 3.63) is 58.6 Å². The highest BCUT2D eigenvalue weighted by Gasteiger charge is 2.39. The van der Waals surface area contributed by atoms with Crippen LogP contribution in [0.1, 0.15) is 36.5 Å². The highest BCUT2D eigenvalue weighted by atomic mass is 35.5. The van der Waals surface area contributed by atoms with Gasteiger partial charge in [-0.05, 0) is 50.1 Å². The Hall–Kier alpha value is -2.81. The summed E-state index contributed by atoms with van der Waals surface area (Å²) in [4.78, 5) is 27.3. The first-order valence-electron chi connectivity index (χ1n) is 11.9. The Balaban J connectivity index is 1.05. The Morgan fingerprint density at radius 3 is 2.60 bits per heavy atom. The number of hydrogen-bond donors (Lipinski definition) is 2. The van der Waals surface area contributed by atoms with Gasteiger partial charge in [-0.25, -0.2) is 0 Å². The molecular formula is C26H29ClN2O6. The molecule has 9 heteroatoms. The van der Waals surface area contributed by atoms with Crippen molar-refractivity contribution in [2.24, 2.45) is 0 Å². The minimum atomic E-state index is -0.826. The van der Waals surface area contributed by atoms with Gasteiger partial charge in [-0.1, -0.05) is 29.3 Å². The number of benzene rings is 2. The van der Waals surface area contributed by atoms with Crippen LogP contribution < -0.4 is 14.8 Å². The first-order valence-corrected chi connectivity index (χ1v) is 12.3. The van der Waals surface area contributed by atoms with Crippen LogP contribution in [-0.4, -0.2) is 65.9 Å². The molecule has 0 saturated carbocycles. The van der Waals surface area contributed by atoms with Gasteiger partial charge in [0.2, 0.25) is 0 Å². The summed E-state index contributed by atoms with van der Waals surface area (Å²) in [6, 6.07) is 12.6. The molecule has 2 amide bonds. The first-order chi connectivity index (χ1) is 16.9. The summed E-state index contributed by atoms with van der Waals surface area (Å²) in [5, 5.41) is 13.8. The van der Waals surface area contributed by atoms with Crippen LogP contribution in [0.5, 0.6) is 11.5 Å². The van der Waals surface area contributed by atoms with E-state index in [1.807, 2.05) is 31.2 Å². The van der Waals surface area contributed by atoms with Crippen molar-refractivity contribution in [2.45, 2.75) is 56.6 Å². The Morgan fingerprint density at radius 2 is 1.89 bits per heavy atom.